The zero-order chi connectivity index (χ0) is 19.9. The Hall–Kier alpha value is -2.36. The second kappa shape index (κ2) is 9.37. The van der Waals surface area contributed by atoms with E-state index in [-0.39, 0.29) is 19.4 Å². The number of ether oxygens (including phenoxy) is 1. The molecule has 0 aliphatic carbocycles. The Kier molecular flexibility index (Phi) is 7.81. The standard InChI is InChI=1S/C16H24N2O7S/c1-26(2,3)9-8-25-16(24)11(4-7-15(22)23)17-12(19)10-18-13(20)5-6-14(18)21/h5-6,11H,4,7-10H2,1-3H3,(H,17,19)(H,22,23)/t11-/m0/s1. The number of imide groups is 1. The maximum Gasteiger partial charge on any atom is 0.328 e. The highest BCUT2D eigenvalue weighted by molar-refractivity contribution is 8.32. The lowest BCUT2D eigenvalue weighted by molar-refractivity contribution is -0.148. The normalized spacial score (nSPS) is 15.7. The molecule has 0 aromatic heterocycles. The molecule has 0 radical (unpaired) electrons. The average molecular weight is 388 g/mol. The topological polar surface area (TPSA) is 130 Å². The minimum absolute atomic E-state index is 0.150. The molecule has 0 bridgehead atoms. The van der Waals surface area contributed by atoms with E-state index in [1.807, 2.05) is 0 Å². The van der Waals surface area contributed by atoms with Crippen LogP contribution in [0.2, 0.25) is 0 Å². The predicted octanol–water partition coefficient (Wildman–Crippen LogP) is -0.502. The van der Waals surface area contributed by atoms with Crippen molar-refractivity contribution in [1.29, 1.82) is 0 Å². The van der Waals surface area contributed by atoms with Crippen molar-refractivity contribution in [2.24, 2.45) is 0 Å². The van der Waals surface area contributed by atoms with Crippen molar-refractivity contribution < 1.29 is 33.8 Å². The minimum atomic E-state index is -1.16. The van der Waals surface area contributed by atoms with Crippen molar-refractivity contribution in [3.63, 3.8) is 0 Å². The molecule has 2 N–H and O–H groups in total. The fourth-order valence-corrected chi connectivity index (χ4v) is 2.56. The highest BCUT2D eigenvalue weighted by Crippen LogP contribution is 2.33. The summed E-state index contributed by atoms with van der Waals surface area (Å²) in [6.07, 6.45) is 7.77. The van der Waals surface area contributed by atoms with Crippen molar-refractivity contribution in [3.05, 3.63) is 12.2 Å². The fourth-order valence-electron chi connectivity index (χ4n) is 1.98. The Bertz CT molecular complexity index is 607. The van der Waals surface area contributed by atoms with Crippen LogP contribution in [0, 0.1) is 0 Å². The van der Waals surface area contributed by atoms with Crippen LogP contribution in [0.15, 0.2) is 12.2 Å². The van der Waals surface area contributed by atoms with Gasteiger partial charge in [0.2, 0.25) is 5.91 Å². The first kappa shape index (κ1) is 21.7. The number of carboxylic acids is 1. The summed E-state index contributed by atoms with van der Waals surface area (Å²) in [6, 6.07) is -1.16. The number of carbonyl (C=O) groups excluding carboxylic acids is 4. The minimum Gasteiger partial charge on any atom is -0.481 e. The molecule has 26 heavy (non-hydrogen) atoms. The molecule has 3 amide bonds. The van der Waals surface area contributed by atoms with Crippen LogP contribution >= 0.6 is 10.0 Å². The maximum absolute atomic E-state index is 12.2. The number of amides is 3. The Balaban J connectivity index is 2.62. The predicted molar refractivity (Wildman–Crippen MR) is 95.8 cm³/mol. The molecule has 146 valence electrons. The first-order valence-corrected chi connectivity index (χ1v) is 10.9. The van der Waals surface area contributed by atoms with E-state index in [0.717, 1.165) is 17.1 Å². The zero-order valence-electron chi connectivity index (χ0n) is 15.0. The monoisotopic (exact) mass is 388 g/mol. The Morgan fingerprint density at radius 2 is 1.77 bits per heavy atom. The van der Waals surface area contributed by atoms with Crippen LogP contribution in [0.4, 0.5) is 0 Å². The van der Waals surface area contributed by atoms with Gasteiger partial charge in [-0.25, -0.2) is 14.8 Å². The summed E-state index contributed by atoms with van der Waals surface area (Å²) < 4.78 is 5.14. The fraction of sp³-hybridized carbons (Fsp3) is 0.562. The smallest absolute Gasteiger partial charge is 0.328 e. The third-order valence-corrected chi connectivity index (χ3v) is 4.80. The Morgan fingerprint density at radius 1 is 1.19 bits per heavy atom. The number of nitrogens with zero attached hydrogens (tertiary/aromatic N) is 1. The van der Waals surface area contributed by atoms with Gasteiger partial charge in [-0.05, 0) is 25.2 Å². The summed E-state index contributed by atoms with van der Waals surface area (Å²) in [5.41, 5.74) is 0. The molecule has 1 heterocycles. The van der Waals surface area contributed by atoms with Gasteiger partial charge in [0.1, 0.15) is 12.6 Å². The second-order valence-corrected chi connectivity index (χ2v) is 11.2. The molecule has 1 aliphatic heterocycles. The molecule has 9 nitrogen and oxygen atoms in total. The van der Waals surface area contributed by atoms with Gasteiger partial charge in [-0.1, -0.05) is 0 Å². The SMILES string of the molecule is CS(C)(C)CCOC(=O)[C@H](CCC(=O)O)NC(=O)CN1C(=O)C=CC1=O. The average Bonchev–Trinajstić information content (AvgIpc) is 2.81. The van der Waals surface area contributed by atoms with Crippen LogP contribution in [0.3, 0.4) is 0 Å². The maximum atomic E-state index is 12.2. The number of aliphatic carboxylic acids is 1. The molecule has 0 saturated carbocycles. The van der Waals surface area contributed by atoms with Crippen LogP contribution in [0.25, 0.3) is 0 Å². The Labute approximate surface area is 153 Å². The highest BCUT2D eigenvalue weighted by Gasteiger charge is 2.29. The third-order valence-electron chi connectivity index (χ3n) is 3.41. The van der Waals surface area contributed by atoms with E-state index in [4.69, 9.17) is 9.84 Å². The molecular formula is C16H24N2O7S. The second-order valence-electron chi connectivity index (χ2n) is 6.61. The molecule has 0 fully saturated rings. The van der Waals surface area contributed by atoms with Crippen molar-refractivity contribution in [3.8, 4) is 0 Å². The lowest BCUT2D eigenvalue weighted by Crippen LogP contribution is -2.47. The molecule has 0 unspecified atom stereocenters. The van der Waals surface area contributed by atoms with E-state index in [9.17, 15) is 24.0 Å². The molecule has 1 rings (SSSR count). The zero-order valence-corrected chi connectivity index (χ0v) is 15.8. The van der Waals surface area contributed by atoms with Crippen LogP contribution < -0.4 is 5.32 Å². The molecule has 0 aromatic rings. The van der Waals surface area contributed by atoms with Crippen LogP contribution in [0.5, 0.6) is 0 Å². The molecule has 1 aliphatic rings. The lowest BCUT2D eigenvalue weighted by Gasteiger charge is -2.25. The van der Waals surface area contributed by atoms with Gasteiger partial charge in [0.25, 0.3) is 11.8 Å². The number of esters is 1. The molecule has 10 heteroatoms. The quantitative estimate of drug-likeness (QED) is 0.381. The first-order chi connectivity index (χ1) is 12.0. The Morgan fingerprint density at radius 3 is 2.27 bits per heavy atom. The van der Waals surface area contributed by atoms with Crippen LogP contribution in [-0.2, 0) is 28.7 Å². The summed E-state index contributed by atoms with van der Waals surface area (Å²) in [6.45, 7) is -0.377. The molecule has 0 spiro atoms. The van der Waals surface area contributed by atoms with E-state index in [0.29, 0.717) is 5.75 Å². The largest absolute Gasteiger partial charge is 0.481 e. The van der Waals surface area contributed by atoms with E-state index in [1.165, 1.54) is 0 Å². The van der Waals surface area contributed by atoms with Gasteiger partial charge in [-0.3, -0.25) is 24.1 Å². The summed E-state index contributed by atoms with van der Waals surface area (Å²) in [4.78, 5) is 58.6. The lowest BCUT2D eigenvalue weighted by atomic mass is 10.1. The molecular weight excluding hydrogens is 364 g/mol. The van der Waals surface area contributed by atoms with Crippen molar-refractivity contribution in [2.75, 3.05) is 37.7 Å². The number of hydrogen-bond donors (Lipinski definition) is 2. The number of carbonyl (C=O) groups is 5. The van der Waals surface area contributed by atoms with Crippen molar-refractivity contribution in [1.82, 2.24) is 10.2 Å². The molecule has 1 atom stereocenters. The van der Waals surface area contributed by atoms with Gasteiger partial charge in [0.05, 0.1) is 6.61 Å². The van der Waals surface area contributed by atoms with Crippen LogP contribution in [-0.4, -0.2) is 83.4 Å². The molecule has 0 aromatic carbocycles. The van der Waals surface area contributed by atoms with Gasteiger partial charge in [-0.15, -0.1) is 0 Å². The van der Waals surface area contributed by atoms with Gasteiger partial charge >= 0.3 is 11.9 Å². The van der Waals surface area contributed by atoms with Gasteiger partial charge < -0.3 is 15.2 Å². The van der Waals surface area contributed by atoms with Crippen LogP contribution in [0.1, 0.15) is 12.8 Å². The van der Waals surface area contributed by atoms with Crippen molar-refractivity contribution >= 4 is 39.7 Å². The third kappa shape index (κ3) is 7.68. The van der Waals surface area contributed by atoms with E-state index < -0.39 is 52.3 Å². The van der Waals surface area contributed by atoms with E-state index in [1.54, 1.807) is 0 Å². The summed E-state index contributed by atoms with van der Waals surface area (Å²) >= 11 is 0. The van der Waals surface area contributed by atoms with Gasteiger partial charge in [-0.2, -0.15) is 0 Å². The van der Waals surface area contributed by atoms with Crippen molar-refractivity contribution in [2.45, 2.75) is 18.9 Å². The first-order valence-electron chi connectivity index (χ1n) is 7.87. The number of rotatable bonds is 10. The number of nitrogens with one attached hydrogen (secondary N) is 1. The summed E-state index contributed by atoms with van der Waals surface area (Å²) in [7, 11) is -0.870. The van der Waals surface area contributed by atoms with E-state index >= 15 is 0 Å². The highest BCUT2D eigenvalue weighted by atomic mass is 32.3. The van der Waals surface area contributed by atoms with Gasteiger partial charge in [0.15, 0.2) is 0 Å². The summed E-state index contributed by atoms with van der Waals surface area (Å²) in [5, 5.41) is 11.1. The number of hydrogen-bond acceptors (Lipinski definition) is 6. The number of carboxylic acid groups (broad SMARTS) is 1. The molecule has 0 saturated heterocycles. The van der Waals surface area contributed by atoms with E-state index in [2.05, 4.69) is 24.1 Å². The summed E-state index contributed by atoms with van der Waals surface area (Å²) in [5.74, 6) is -3.17. The van der Waals surface area contributed by atoms with Gasteiger partial charge in [0, 0.05) is 24.3 Å².